The third-order valence-corrected chi connectivity index (χ3v) is 9.17. The summed E-state index contributed by atoms with van der Waals surface area (Å²) >= 11 is 0. The van der Waals surface area contributed by atoms with Crippen LogP contribution in [0.5, 0.6) is 0 Å². The van der Waals surface area contributed by atoms with Crippen LogP contribution in [-0.4, -0.2) is 5.78 Å². The van der Waals surface area contributed by atoms with E-state index in [-0.39, 0.29) is 0 Å². The Morgan fingerprint density at radius 1 is 0.955 bits per heavy atom. The minimum absolute atomic E-state index is 0.489. The first-order valence-corrected chi connectivity index (χ1v) is 10.0. The van der Waals surface area contributed by atoms with Crippen molar-refractivity contribution in [1.29, 1.82) is 0 Å². The number of hydrogen-bond donors (Lipinski definition) is 0. The molecule has 4 saturated carbocycles. The number of rotatable bonds is 1. The Labute approximate surface area is 136 Å². The van der Waals surface area contributed by atoms with Crippen molar-refractivity contribution in [2.45, 2.75) is 85.0 Å². The molecule has 0 bridgehead atoms. The number of hydrogen-bond acceptors (Lipinski definition) is 1. The molecule has 4 aliphatic carbocycles. The number of fused-ring (bicyclic) bond motifs is 5. The first kappa shape index (κ1) is 15.2. The van der Waals surface area contributed by atoms with Crippen molar-refractivity contribution in [2.75, 3.05) is 0 Å². The standard InChI is InChI=1S/C21H34O/c1-4-14-6-8-18-17-7-5-15-13-16(22)9-11-21(15,3)19(17)10-12-20(14,18)2/h14-15,17-19H,4-13H2,1-3H3/t14?,15?,17?,18?,19?,20-,21+/m1/s1. The minimum atomic E-state index is 0.489. The Kier molecular flexibility index (Phi) is 3.51. The van der Waals surface area contributed by atoms with Gasteiger partial charge in [-0.1, -0.05) is 27.2 Å². The van der Waals surface area contributed by atoms with Crippen LogP contribution in [0, 0.1) is 40.4 Å². The zero-order valence-corrected chi connectivity index (χ0v) is 14.9. The third kappa shape index (κ3) is 1.93. The predicted octanol–water partition coefficient (Wildman–Crippen LogP) is 5.62. The lowest BCUT2D eigenvalue weighted by Crippen LogP contribution is -2.53. The van der Waals surface area contributed by atoms with Gasteiger partial charge in [-0.2, -0.15) is 0 Å². The lowest BCUT2D eigenvalue weighted by Gasteiger charge is -2.60. The number of carbonyl (C=O) groups excluding carboxylic acids is 1. The maximum Gasteiger partial charge on any atom is 0.133 e. The SMILES string of the molecule is CCC1CCC2C3CCC4CC(=O)CC[C@]4(C)C3CC[C@]12C. The molecule has 0 heterocycles. The fraction of sp³-hybridized carbons (Fsp3) is 0.952. The zero-order chi connectivity index (χ0) is 15.5. The highest BCUT2D eigenvalue weighted by molar-refractivity contribution is 5.79. The van der Waals surface area contributed by atoms with E-state index >= 15 is 0 Å². The fourth-order valence-corrected chi connectivity index (χ4v) is 7.82. The second-order valence-corrected chi connectivity index (χ2v) is 9.63. The third-order valence-electron chi connectivity index (χ3n) is 9.17. The van der Waals surface area contributed by atoms with Crippen LogP contribution in [0.2, 0.25) is 0 Å². The van der Waals surface area contributed by atoms with Gasteiger partial charge in [0.2, 0.25) is 0 Å². The van der Waals surface area contributed by atoms with E-state index in [0.717, 1.165) is 36.5 Å². The molecule has 4 fully saturated rings. The monoisotopic (exact) mass is 302 g/mol. The first-order valence-electron chi connectivity index (χ1n) is 10.0. The summed E-state index contributed by atoms with van der Waals surface area (Å²) in [6, 6.07) is 0. The second-order valence-electron chi connectivity index (χ2n) is 9.63. The molecule has 5 unspecified atom stereocenters. The Morgan fingerprint density at radius 3 is 2.50 bits per heavy atom. The van der Waals surface area contributed by atoms with Crippen molar-refractivity contribution in [2.24, 2.45) is 40.4 Å². The van der Waals surface area contributed by atoms with E-state index in [4.69, 9.17) is 0 Å². The highest BCUT2D eigenvalue weighted by Crippen LogP contribution is 2.67. The molecule has 124 valence electrons. The molecule has 1 nitrogen and oxygen atoms in total. The van der Waals surface area contributed by atoms with Crippen LogP contribution in [0.15, 0.2) is 0 Å². The molecule has 0 aromatic heterocycles. The van der Waals surface area contributed by atoms with Crippen LogP contribution < -0.4 is 0 Å². The van der Waals surface area contributed by atoms with Crippen molar-refractivity contribution in [3.63, 3.8) is 0 Å². The van der Waals surface area contributed by atoms with Crippen LogP contribution in [0.25, 0.3) is 0 Å². The quantitative estimate of drug-likeness (QED) is 0.614. The van der Waals surface area contributed by atoms with Gasteiger partial charge in [-0.25, -0.2) is 0 Å². The average molecular weight is 303 g/mol. The van der Waals surface area contributed by atoms with Gasteiger partial charge in [-0.15, -0.1) is 0 Å². The molecule has 0 N–H and O–H groups in total. The lowest BCUT2D eigenvalue weighted by molar-refractivity contribution is -0.139. The topological polar surface area (TPSA) is 17.1 Å². The van der Waals surface area contributed by atoms with Gasteiger partial charge in [0, 0.05) is 12.8 Å². The van der Waals surface area contributed by atoms with Gasteiger partial charge < -0.3 is 0 Å². The van der Waals surface area contributed by atoms with E-state index in [0.29, 0.717) is 22.5 Å². The van der Waals surface area contributed by atoms with Crippen molar-refractivity contribution in [3.8, 4) is 0 Å². The summed E-state index contributed by atoms with van der Waals surface area (Å²) < 4.78 is 0. The molecule has 4 aliphatic rings. The molecule has 7 atom stereocenters. The molecule has 1 heteroatoms. The zero-order valence-electron chi connectivity index (χ0n) is 14.9. The normalized spacial score (nSPS) is 54.5. The van der Waals surface area contributed by atoms with Gasteiger partial charge in [-0.05, 0) is 85.4 Å². The van der Waals surface area contributed by atoms with E-state index < -0.39 is 0 Å². The Hall–Kier alpha value is -0.330. The maximum atomic E-state index is 11.9. The fourth-order valence-electron chi connectivity index (χ4n) is 7.82. The van der Waals surface area contributed by atoms with Crippen LogP contribution in [0.3, 0.4) is 0 Å². The molecule has 0 aromatic carbocycles. The minimum Gasteiger partial charge on any atom is -0.300 e. The van der Waals surface area contributed by atoms with Gasteiger partial charge in [0.1, 0.15) is 5.78 Å². The number of ketones is 1. The van der Waals surface area contributed by atoms with Crippen LogP contribution in [-0.2, 0) is 4.79 Å². The molecule has 22 heavy (non-hydrogen) atoms. The predicted molar refractivity (Wildman–Crippen MR) is 90.5 cm³/mol. The van der Waals surface area contributed by atoms with Crippen LogP contribution in [0.1, 0.15) is 85.0 Å². The average Bonchev–Trinajstić information content (AvgIpc) is 2.84. The van der Waals surface area contributed by atoms with Crippen LogP contribution in [0.4, 0.5) is 0 Å². The molecule has 0 radical (unpaired) electrons. The highest BCUT2D eigenvalue weighted by atomic mass is 16.1. The van der Waals surface area contributed by atoms with Gasteiger partial charge in [0.05, 0.1) is 0 Å². The summed E-state index contributed by atoms with van der Waals surface area (Å²) in [5.41, 5.74) is 1.13. The van der Waals surface area contributed by atoms with Crippen molar-refractivity contribution < 1.29 is 4.79 Å². The van der Waals surface area contributed by atoms with E-state index in [2.05, 4.69) is 20.8 Å². The molecular weight excluding hydrogens is 268 g/mol. The van der Waals surface area contributed by atoms with Gasteiger partial charge >= 0.3 is 0 Å². The molecule has 4 rings (SSSR count). The molecular formula is C21H34O. The van der Waals surface area contributed by atoms with Crippen molar-refractivity contribution >= 4 is 5.78 Å². The first-order chi connectivity index (χ1) is 10.5. The molecule has 0 aliphatic heterocycles. The number of carbonyl (C=O) groups is 1. The maximum absolute atomic E-state index is 11.9. The van der Waals surface area contributed by atoms with Crippen molar-refractivity contribution in [1.82, 2.24) is 0 Å². The van der Waals surface area contributed by atoms with Gasteiger partial charge in [0.15, 0.2) is 0 Å². The van der Waals surface area contributed by atoms with E-state index in [1.54, 1.807) is 0 Å². The summed E-state index contributed by atoms with van der Waals surface area (Å²) in [4.78, 5) is 11.9. The smallest absolute Gasteiger partial charge is 0.133 e. The Morgan fingerprint density at radius 2 is 1.73 bits per heavy atom. The van der Waals surface area contributed by atoms with E-state index in [9.17, 15) is 4.79 Å². The summed E-state index contributed by atoms with van der Waals surface area (Å²) in [7, 11) is 0. The summed E-state index contributed by atoms with van der Waals surface area (Å²) in [6.07, 6.45) is 13.0. The summed E-state index contributed by atoms with van der Waals surface area (Å²) in [6.45, 7) is 7.61. The lowest BCUT2D eigenvalue weighted by atomic mass is 9.45. The highest BCUT2D eigenvalue weighted by Gasteiger charge is 2.59. The largest absolute Gasteiger partial charge is 0.300 e. The Bertz CT molecular complexity index is 469. The molecule has 0 aromatic rings. The Balaban J connectivity index is 1.62. The van der Waals surface area contributed by atoms with E-state index in [1.165, 1.54) is 51.4 Å². The summed E-state index contributed by atoms with van der Waals surface area (Å²) in [5, 5.41) is 0. The van der Waals surface area contributed by atoms with Crippen LogP contribution >= 0.6 is 0 Å². The molecule has 0 saturated heterocycles. The number of Topliss-reactive ketones (excluding diaryl/α,β-unsaturated/α-hetero) is 1. The van der Waals surface area contributed by atoms with Crippen molar-refractivity contribution in [3.05, 3.63) is 0 Å². The second kappa shape index (κ2) is 5.08. The van der Waals surface area contributed by atoms with Gasteiger partial charge in [-0.3, -0.25) is 4.79 Å². The van der Waals surface area contributed by atoms with E-state index in [1.807, 2.05) is 0 Å². The molecule has 0 spiro atoms. The summed E-state index contributed by atoms with van der Waals surface area (Å²) in [5.74, 6) is 5.14. The molecule has 0 amide bonds. The van der Waals surface area contributed by atoms with Gasteiger partial charge in [0.25, 0.3) is 0 Å².